The largest absolute Gasteiger partial charge is 0.352 e. The topological polar surface area (TPSA) is 59.8 Å². The summed E-state index contributed by atoms with van der Waals surface area (Å²) in [7, 11) is 0. The molecule has 0 aliphatic carbocycles. The number of hydrogen-bond donors (Lipinski definition) is 1. The van der Waals surface area contributed by atoms with E-state index in [2.05, 4.69) is 15.4 Å². The van der Waals surface area contributed by atoms with Crippen LogP contribution in [0.5, 0.6) is 0 Å². The third kappa shape index (κ3) is 3.40. The molecular weight excluding hydrogens is 240 g/mol. The van der Waals surface area contributed by atoms with Crippen molar-refractivity contribution in [1.29, 1.82) is 0 Å². The molecule has 5 nitrogen and oxygen atoms in total. The Morgan fingerprint density at radius 2 is 2.00 bits per heavy atom. The molecule has 2 rings (SSSR count). The van der Waals surface area contributed by atoms with Crippen LogP contribution in [0.3, 0.4) is 0 Å². The number of hydrogen-bond acceptors (Lipinski definition) is 3. The fraction of sp³-hybridized carbons (Fsp3) is 0.357. The Kier molecular flexibility index (Phi) is 3.94. The monoisotopic (exact) mass is 258 g/mol. The van der Waals surface area contributed by atoms with Crippen LogP contribution in [-0.4, -0.2) is 26.7 Å². The third-order valence-electron chi connectivity index (χ3n) is 2.55. The van der Waals surface area contributed by atoms with Crippen LogP contribution in [0.2, 0.25) is 0 Å². The second kappa shape index (κ2) is 5.65. The van der Waals surface area contributed by atoms with E-state index in [0.717, 1.165) is 11.4 Å². The van der Waals surface area contributed by atoms with Crippen molar-refractivity contribution in [2.24, 2.45) is 0 Å². The summed E-state index contributed by atoms with van der Waals surface area (Å²) in [5.74, 6) is 1.32. The maximum atomic E-state index is 11.8. The quantitative estimate of drug-likeness (QED) is 0.909. The van der Waals surface area contributed by atoms with E-state index in [0.29, 0.717) is 5.82 Å². The fourth-order valence-electron chi connectivity index (χ4n) is 1.87. The minimum absolute atomic E-state index is 0.0583. The van der Waals surface area contributed by atoms with Gasteiger partial charge >= 0.3 is 0 Å². The molecule has 0 atom stereocenters. The number of nitrogens with one attached hydrogen (secondary N) is 1. The van der Waals surface area contributed by atoms with Crippen molar-refractivity contribution in [3.05, 3.63) is 36.2 Å². The molecule has 0 aliphatic heterocycles. The number of rotatable bonds is 4. The Morgan fingerprint density at radius 1 is 1.32 bits per heavy atom. The molecule has 2 aromatic rings. The first-order chi connectivity index (χ1) is 9.06. The first-order valence-corrected chi connectivity index (χ1v) is 6.32. The molecule has 1 N–H and O–H groups in total. The molecule has 0 aliphatic rings. The van der Waals surface area contributed by atoms with Gasteiger partial charge in [-0.2, -0.15) is 5.10 Å². The maximum absolute atomic E-state index is 11.8. The molecule has 0 saturated carbocycles. The van der Waals surface area contributed by atoms with E-state index < -0.39 is 0 Å². The number of aromatic nitrogens is 3. The summed E-state index contributed by atoms with van der Waals surface area (Å²) in [5.41, 5.74) is 0.959. The second-order valence-corrected chi connectivity index (χ2v) is 4.73. The predicted molar refractivity (Wildman–Crippen MR) is 73.5 cm³/mol. The lowest BCUT2D eigenvalue weighted by molar-refractivity contribution is -0.122. The van der Waals surface area contributed by atoms with E-state index >= 15 is 0 Å². The lowest BCUT2D eigenvalue weighted by atomic mass is 10.2. The molecule has 0 fully saturated rings. The second-order valence-electron chi connectivity index (χ2n) is 4.73. The average Bonchev–Trinajstić information content (AvgIpc) is 2.70. The molecule has 0 unspecified atom stereocenters. The number of aryl methyl sites for hydroxylation is 1. The van der Waals surface area contributed by atoms with E-state index in [-0.39, 0.29) is 18.5 Å². The fourth-order valence-corrected chi connectivity index (χ4v) is 1.87. The molecule has 19 heavy (non-hydrogen) atoms. The first kappa shape index (κ1) is 13.3. The lowest BCUT2D eigenvalue weighted by Crippen LogP contribution is -2.33. The summed E-state index contributed by atoms with van der Waals surface area (Å²) in [4.78, 5) is 16.2. The van der Waals surface area contributed by atoms with E-state index in [4.69, 9.17) is 0 Å². The highest BCUT2D eigenvalue weighted by molar-refractivity contribution is 5.76. The zero-order valence-electron chi connectivity index (χ0n) is 11.4. The van der Waals surface area contributed by atoms with E-state index in [1.807, 2.05) is 51.1 Å². The molecule has 1 heterocycles. The molecule has 0 radical (unpaired) electrons. The standard InChI is InChI=1S/C14H18N4O/c1-10(2)15-13(19)9-18-14(16-11(3)17-18)12-7-5-4-6-8-12/h4-8,10H,9H2,1-3H3,(H,15,19). The van der Waals surface area contributed by atoms with Gasteiger partial charge in [0.2, 0.25) is 5.91 Å². The van der Waals surface area contributed by atoms with Crippen LogP contribution in [0.15, 0.2) is 30.3 Å². The molecule has 0 bridgehead atoms. The van der Waals surface area contributed by atoms with Gasteiger partial charge in [-0.25, -0.2) is 9.67 Å². The van der Waals surface area contributed by atoms with Crippen LogP contribution in [-0.2, 0) is 11.3 Å². The van der Waals surface area contributed by atoms with Crippen molar-refractivity contribution in [1.82, 2.24) is 20.1 Å². The summed E-state index contributed by atoms with van der Waals surface area (Å²) in [6.07, 6.45) is 0. The third-order valence-corrected chi connectivity index (χ3v) is 2.55. The number of amides is 1. The van der Waals surface area contributed by atoms with E-state index in [1.54, 1.807) is 4.68 Å². The zero-order valence-corrected chi connectivity index (χ0v) is 11.4. The van der Waals surface area contributed by atoms with Gasteiger partial charge in [0.25, 0.3) is 0 Å². The zero-order chi connectivity index (χ0) is 13.8. The highest BCUT2D eigenvalue weighted by atomic mass is 16.2. The number of nitrogens with zero attached hydrogens (tertiary/aromatic N) is 3. The van der Waals surface area contributed by atoms with Gasteiger partial charge in [-0.05, 0) is 20.8 Å². The Morgan fingerprint density at radius 3 is 2.63 bits per heavy atom. The van der Waals surface area contributed by atoms with Crippen LogP contribution in [0.1, 0.15) is 19.7 Å². The van der Waals surface area contributed by atoms with Crippen LogP contribution >= 0.6 is 0 Å². The molecule has 0 spiro atoms. The summed E-state index contributed by atoms with van der Waals surface area (Å²) >= 11 is 0. The van der Waals surface area contributed by atoms with Crippen molar-refractivity contribution in [3.8, 4) is 11.4 Å². The van der Waals surface area contributed by atoms with Crippen LogP contribution < -0.4 is 5.32 Å². The Hall–Kier alpha value is -2.17. The Bertz CT molecular complexity index is 560. The number of carbonyl (C=O) groups excluding carboxylic acids is 1. The average molecular weight is 258 g/mol. The van der Waals surface area contributed by atoms with Gasteiger partial charge < -0.3 is 5.32 Å². The Labute approximate surface area is 112 Å². The van der Waals surface area contributed by atoms with Gasteiger partial charge in [0.05, 0.1) is 0 Å². The van der Waals surface area contributed by atoms with Crippen molar-refractivity contribution in [2.45, 2.75) is 33.4 Å². The van der Waals surface area contributed by atoms with Gasteiger partial charge in [-0.15, -0.1) is 0 Å². The highest BCUT2D eigenvalue weighted by Crippen LogP contribution is 2.16. The molecular formula is C14H18N4O. The summed E-state index contributed by atoms with van der Waals surface area (Å²) in [5, 5.41) is 7.13. The lowest BCUT2D eigenvalue weighted by Gasteiger charge is -2.09. The predicted octanol–water partition coefficient (Wildman–Crippen LogP) is 1.78. The summed E-state index contributed by atoms with van der Waals surface area (Å²) in [6, 6.07) is 9.87. The van der Waals surface area contributed by atoms with Crippen molar-refractivity contribution in [2.75, 3.05) is 0 Å². The van der Waals surface area contributed by atoms with Gasteiger partial charge in [0, 0.05) is 11.6 Å². The highest BCUT2D eigenvalue weighted by Gasteiger charge is 2.13. The van der Waals surface area contributed by atoms with Gasteiger partial charge in [-0.1, -0.05) is 30.3 Å². The molecule has 1 aromatic carbocycles. The minimum atomic E-state index is -0.0583. The molecule has 1 aromatic heterocycles. The Balaban J connectivity index is 2.24. The van der Waals surface area contributed by atoms with Crippen LogP contribution in [0.4, 0.5) is 0 Å². The van der Waals surface area contributed by atoms with Crippen LogP contribution in [0, 0.1) is 6.92 Å². The van der Waals surface area contributed by atoms with E-state index in [1.165, 1.54) is 0 Å². The normalized spacial score (nSPS) is 10.7. The number of carbonyl (C=O) groups is 1. The molecule has 0 saturated heterocycles. The summed E-state index contributed by atoms with van der Waals surface area (Å²) < 4.78 is 1.64. The van der Waals surface area contributed by atoms with Crippen LogP contribution in [0.25, 0.3) is 11.4 Å². The van der Waals surface area contributed by atoms with Gasteiger partial charge in [0.15, 0.2) is 5.82 Å². The molecule has 5 heteroatoms. The van der Waals surface area contributed by atoms with Crippen molar-refractivity contribution < 1.29 is 4.79 Å². The molecule has 100 valence electrons. The van der Waals surface area contributed by atoms with Crippen molar-refractivity contribution in [3.63, 3.8) is 0 Å². The van der Waals surface area contributed by atoms with Crippen molar-refractivity contribution >= 4 is 5.91 Å². The maximum Gasteiger partial charge on any atom is 0.242 e. The van der Waals surface area contributed by atoms with Gasteiger partial charge in [-0.3, -0.25) is 4.79 Å². The summed E-state index contributed by atoms with van der Waals surface area (Å²) in [6.45, 7) is 5.87. The minimum Gasteiger partial charge on any atom is -0.352 e. The first-order valence-electron chi connectivity index (χ1n) is 6.32. The SMILES string of the molecule is Cc1nc(-c2ccccc2)n(CC(=O)NC(C)C)n1. The smallest absolute Gasteiger partial charge is 0.242 e. The molecule has 1 amide bonds. The van der Waals surface area contributed by atoms with Gasteiger partial charge in [0.1, 0.15) is 12.4 Å². The number of benzene rings is 1. The van der Waals surface area contributed by atoms with E-state index in [9.17, 15) is 4.79 Å².